The molecule has 2 nitrogen and oxygen atoms in total. The predicted molar refractivity (Wildman–Crippen MR) is 75.7 cm³/mol. The van der Waals surface area contributed by atoms with Gasteiger partial charge in [-0.15, -0.1) is 0 Å². The van der Waals surface area contributed by atoms with Gasteiger partial charge in [0, 0.05) is 17.2 Å². The molecular formula is C14H18Cl2O2. The first-order valence-electron chi connectivity index (χ1n) is 6.06. The van der Waals surface area contributed by atoms with Crippen LogP contribution in [0, 0.1) is 5.92 Å². The SMILES string of the molecule is CC(C)CCCOCC(=O)c1cc(Cl)ccc1Cl. The van der Waals surface area contributed by atoms with E-state index in [-0.39, 0.29) is 12.4 Å². The molecule has 1 aromatic carbocycles. The van der Waals surface area contributed by atoms with Crippen molar-refractivity contribution in [2.75, 3.05) is 13.2 Å². The highest BCUT2D eigenvalue weighted by Gasteiger charge is 2.11. The second-order valence-corrected chi connectivity index (χ2v) is 5.48. The summed E-state index contributed by atoms with van der Waals surface area (Å²) in [5.74, 6) is 0.527. The van der Waals surface area contributed by atoms with Crippen molar-refractivity contribution < 1.29 is 9.53 Å². The van der Waals surface area contributed by atoms with Crippen LogP contribution in [0.2, 0.25) is 10.0 Å². The molecule has 0 aliphatic heterocycles. The van der Waals surface area contributed by atoms with Gasteiger partial charge in [0.25, 0.3) is 0 Å². The minimum Gasteiger partial charge on any atom is -0.373 e. The van der Waals surface area contributed by atoms with E-state index in [1.54, 1.807) is 18.2 Å². The van der Waals surface area contributed by atoms with Crippen LogP contribution in [-0.4, -0.2) is 19.0 Å². The Bertz CT molecular complexity index is 403. The molecule has 0 spiro atoms. The molecule has 0 bridgehead atoms. The first kappa shape index (κ1) is 15.5. The molecule has 1 rings (SSSR count). The van der Waals surface area contributed by atoms with Gasteiger partial charge in [0.1, 0.15) is 6.61 Å². The van der Waals surface area contributed by atoms with Crippen molar-refractivity contribution in [1.29, 1.82) is 0 Å². The summed E-state index contributed by atoms with van der Waals surface area (Å²) < 4.78 is 5.34. The van der Waals surface area contributed by atoms with Crippen molar-refractivity contribution in [3.8, 4) is 0 Å². The number of rotatable bonds is 7. The molecule has 0 aliphatic carbocycles. The van der Waals surface area contributed by atoms with Gasteiger partial charge in [-0.1, -0.05) is 37.0 Å². The molecule has 0 aliphatic rings. The fourth-order valence-electron chi connectivity index (χ4n) is 1.55. The minimum absolute atomic E-state index is 0.0537. The van der Waals surface area contributed by atoms with Gasteiger partial charge in [-0.2, -0.15) is 0 Å². The average molecular weight is 289 g/mol. The maximum Gasteiger partial charge on any atom is 0.190 e. The van der Waals surface area contributed by atoms with Crippen molar-refractivity contribution in [2.45, 2.75) is 26.7 Å². The zero-order valence-corrected chi connectivity index (χ0v) is 12.2. The Morgan fingerprint density at radius 1 is 1.33 bits per heavy atom. The number of hydrogen-bond acceptors (Lipinski definition) is 2. The highest BCUT2D eigenvalue weighted by molar-refractivity contribution is 6.35. The summed E-state index contributed by atoms with van der Waals surface area (Å²) in [5, 5.41) is 0.915. The van der Waals surface area contributed by atoms with Crippen LogP contribution in [0.4, 0.5) is 0 Å². The van der Waals surface area contributed by atoms with Crippen molar-refractivity contribution in [3.05, 3.63) is 33.8 Å². The molecular weight excluding hydrogens is 271 g/mol. The summed E-state index contributed by atoms with van der Waals surface area (Å²) in [7, 11) is 0. The summed E-state index contributed by atoms with van der Waals surface area (Å²) in [6.45, 7) is 4.98. The number of ether oxygens (including phenoxy) is 1. The van der Waals surface area contributed by atoms with E-state index < -0.39 is 0 Å². The minimum atomic E-state index is -0.132. The Hall–Kier alpha value is -0.570. The molecule has 1 aromatic rings. The second kappa shape index (κ2) is 7.78. The fourth-order valence-corrected chi connectivity index (χ4v) is 1.94. The monoisotopic (exact) mass is 288 g/mol. The van der Waals surface area contributed by atoms with Crippen molar-refractivity contribution in [2.24, 2.45) is 5.92 Å². The molecule has 100 valence electrons. The fraction of sp³-hybridized carbons (Fsp3) is 0.500. The van der Waals surface area contributed by atoms with Gasteiger partial charge in [0.2, 0.25) is 0 Å². The molecule has 0 fully saturated rings. The van der Waals surface area contributed by atoms with Crippen LogP contribution >= 0.6 is 23.2 Å². The van der Waals surface area contributed by atoms with Crippen molar-refractivity contribution >= 4 is 29.0 Å². The topological polar surface area (TPSA) is 26.3 Å². The van der Waals surface area contributed by atoms with E-state index in [4.69, 9.17) is 27.9 Å². The summed E-state index contributed by atoms with van der Waals surface area (Å²) in [4.78, 5) is 11.8. The summed E-state index contributed by atoms with van der Waals surface area (Å²) in [5.41, 5.74) is 0.424. The van der Waals surface area contributed by atoms with E-state index in [2.05, 4.69) is 13.8 Å². The standard InChI is InChI=1S/C14H18Cl2O2/c1-10(2)4-3-7-18-9-14(17)12-8-11(15)5-6-13(12)16/h5-6,8,10H,3-4,7,9H2,1-2H3. The van der Waals surface area contributed by atoms with Gasteiger partial charge in [-0.25, -0.2) is 0 Å². The van der Waals surface area contributed by atoms with Gasteiger partial charge in [0.05, 0.1) is 5.02 Å². The lowest BCUT2D eigenvalue weighted by Gasteiger charge is -2.07. The number of carbonyl (C=O) groups is 1. The molecule has 0 atom stereocenters. The lowest BCUT2D eigenvalue weighted by molar-refractivity contribution is 0.0749. The molecule has 0 amide bonds. The number of hydrogen-bond donors (Lipinski definition) is 0. The molecule has 0 saturated heterocycles. The van der Waals surface area contributed by atoms with Crippen molar-refractivity contribution in [1.82, 2.24) is 0 Å². The zero-order valence-electron chi connectivity index (χ0n) is 10.7. The second-order valence-electron chi connectivity index (χ2n) is 4.64. The first-order chi connectivity index (χ1) is 8.50. The lowest BCUT2D eigenvalue weighted by Crippen LogP contribution is -2.10. The average Bonchev–Trinajstić information content (AvgIpc) is 2.31. The van der Waals surface area contributed by atoms with Crippen molar-refractivity contribution in [3.63, 3.8) is 0 Å². The predicted octanol–water partition coefficient (Wildman–Crippen LogP) is 4.63. The van der Waals surface area contributed by atoms with Gasteiger partial charge >= 0.3 is 0 Å². The largest absolute Gasteiger partial charge is 0.373 e. The lowest BCUT2D eigenvalue weighted by atomic mass is 10.1. The van der Waals surface area contributed by atoms with Gasteiger partial charge in [0.15, 0.2) is 5.78 Å². The first-order valence-corrected chi connectivity index (χ1v) is 6.82. The van der Waals surface area contributed by atoms with Crippen LogP contribution in [0.15, 0.2) is 18.2 Å². The maximum absolute atomic E-state index is 11.8. The third-order valence-corrected chi connectivity index (χ3v) is 3.10. The van der Waals surface area contributed by atoms with Gasteiger partial charge < -0.3 is 4.74 Å². The molecule has 0 radical (unpaired) electrons. The van der Waals surface area contributed by atoms with E-state index in [1.165, 1.54) is 0 Å². The maximum atomic E-state index is 11.8. The highest BCUT2D eigenvalue weighted by Crippen LogP contribution is 2.21. The third kappa shape index (κ3) is 5.38. The van der Waals surface area contributed by atoms with Crippen LogP contribution in [0.1, 0.15) is 37.0 Å². The van der Waals surface area contributed by atoms with Crippen LogP contribution in [0.3, 0.4) is 0 Å². The Kier molecular flexibility index (Phi) is 6.69. The summed E-state index contributed by atoms with van der Waals surface area (Å²) in [6.07, 6.45) is 2.07. The molecule has 4 heteroatoms. The van der Waals surface area contributed by atoms with Crippen LogP contribution in [0.25, 0.3) is 0 Å². The highest BCUT2D eigenvalue weighted by atomic mass is 35.5. The Morgan fingerprint density at radius 2 is 2.06 bits per heavy atom. The van der Waals surface area contributed by atoms with Crippen LogP contribution in [0.5, 0.6) is 0 Å². The Balaban J connectivity index is 2.39. The van der Waals surface area contributed by atoms with Gasteiger partial charge in [-0.3, -0.25) is 4.79 Å². The van der Waals surface area contributed by atoms with Gasteiger partial charge in [-0.05, 0) is 37.0 Å². The Morgan fingerprint density at radius 3 is 2.72 bits per heavy atom. The molecule has 0 unspecified atom stereocenters. The molecule has 0 aromatic heterocycles. The molecule has 0 N–H and O–H groups in total. The van der Waals surface area contributed by atoms with E-state index >= 15 is 0 Å². The zero-order chi connectivity index (χ0) is 13.5. The smallest absolute Gasteiger partial charge is 0.190 e. The van der Waals surface area contributed by atoms with E-state index in [9.17, 15) is 4.79 Å². The van der Waals surface area contributed by atoms with E-state index in [0.717, 1.165) is 12.8 Å². The molecule has 0 saturated carbocycles. The van der Waals surface area contributed by atoms with E-state index in [0.29, 0.717) is 28.1 Å². The number of ketones is 1. The van der Waals surface area contributed by atoms with Crippen LogP contribution < -0.4 is 0 Å². The number of benzene rings is 1. The van der Waals surface area contributed by atoms with Crippen LogP contribution in [-0.2, 0) is 4.74 Å². The quantitative estimate of drug-likeness (QED) is 0.540. The Labute approximate surface area is 118 Å². The summed E-state index contributed by atoms with van der Waals surface area (Å²) >= 11 is 11.8. The molecule has 18 heavy (non-hydrogen) atoms. The number of Topliss-reactive ketones (excluding diaryl/α,β-unsaturated/α-hetero) is 1. The third-order valence-electron chi connectivity index (χ3n) is 2.53. The normalized spacial score (nSPS) is 10.9. The molecule has 0 heterocycles. The van der Waals surface area contributed by atoms with E-state index in [1.807, 2.05) is 0 Å². The number of halogens is 2. The summed E-state index contributed by atoms with van der Waals surface area (Å²) in [6, 6.07) is 4.85. The number of carbonyl (C=O) groups excluding carboxylic acids is 1.